The van der Waals surface area contributed by atoms with Crippen molar-refractivity contribution >= 4 is 12.2 Å². The number of benzene rings is 2. The molecule has 0 aromatic heterocycles. The molecule has 0 saturated carbocycles. The number of hydrogen-bond donors (Lipinski definition) is 3. The normalized spacial score (nSPS) is 20.1. The lowest BCUT2D eigenvalue weighted by molar-refractivity contribution is 0.0696. The van der Waals surface area contributed by atoms with Crippen LogP contribution in [0.25, 0.3) is 6.20 Å². The van der Waals surface area contributed by atoms with Crippen LogP contribution in [0.1, 0.15) is 21.5 Å². The van der Waals surface area contributed by atoms with Crippen molar-refractivity contribution in [2.24, 2.45) is 4.99 Å². The summed E-state index contributed by atoms with van der Waals surface area (Å²) in [5, 5.41) is 15.1. The van der Waals surface area contributed by atoms with Gasteiger partial charge in [0, 0.05) is 17.5 Å². The minimum absolute atomic E-state index is 0.200. The minimum atomic E-state index is -0.980. The van der Waals surface area contributed by atoms with Crippen LogP contribution in [0.3, 0.4) is 0 Å². The Kier molecular flexibility index (Phi) is 3.08. The Hall–Kier alpha value is -2.66. The summed E-state index contributed by atoms with van der Waals surface area (Å²) in [5.41, 5.74) is 2.89. The predicted molar refractivity (Wildman–Crippen MR) is 86.3 cm³/mol. The first kappa shape index (κ1) is 12.8. The summed E-state index contributed by atoms with van der Waals surface area (Å²) in [7, 11) is 0. The molecule has 4 rings (SSSR count). The average Bonchev–Trinajstić information content (AvgIpc) is 2.97. The summed E-state index contributed by atoms with van der Waals surface area (Å²) >= 11 is 0. The fourth-order valence-electron chi connectivity index (χ4n) is 3.19. The van der Waals surface area contributed by atoms with E-state index in [-0.39, 0.29) is 11.6 Å². The molecule has 2 aromatic rings. The van der Waals surface area contributed by atoms with Crippen LogP contribution in [-0.4, -0.2) is 23.4 Å². The molecule has 1 aliphatic heterocycles. The fraction of sp³-hybridized carbons (Fsp3) is 0.222. The van der Waals surface area contributed by atoms with Crippen molar-refractivity contribution in [2.45, 2.75) is 25.2 Å². The minimum Gasteiger partial charge on any atom is -0.478 e. The number of hydrogen-bond acceptors (Lipinski definition) is 4. The first-order valence-corrected chi connectivity index (χ1v) is 7.63. The summed E-state index contributed by atoms with van der Waals surface area (Å²) in [6.45, 7) is 0. The van der Waals surface area contributed by atoms with Crippen LogP contribution in [0, 0.1) is 0 Å². The lowest BCUT2D eigenvalue weighted by atomic mass is 10.1. The molecule has 23 heavy (non-hydrogen) atoms. The van der Waals surface area contributed by atoms with Crippen LogP contribution in [0.5, 0.6) is 0 Å². The quantitative estimate of drug-likeness (QED) is 0.767. The van der Waals surface area contributed by atoms with E-state index in [0.29, 0.717) is 10.6 Å². The van der Waals surface area contributed by atoms with Crippen LogP contribution in [0.4, 0.5) is 0 Å². The van der Waals surface area contributed by atoms with Crippen LogP contribution in [0.2, 0.25) is 1.41 Å². The van der Waals surface area contributed by atoms with Crippen molar-refractivity contribution in [1.82, 2.24) is 10.6 Å². The zero-order valence-corrected chi connectivity index (χ0v) is 12.4. The van der Waals surface area contributed by atoms with Crippen LogP contribution in [-0.2, 0) is 12.8 Å². The molecule has 0 saturated heterocycles. The number of rotatable bonds is 3. The van der Waals surface area contributed by atoms with Crippen molar-refractivity contribution in [3.05, 3.63) is 69.7 Å². The molecule has 1 heterocycles. The molecule has 2 aromatic carbocycles. The monoisotopic (exact) mass is 308 g/mol. The van der Waals surface area contributed by atoms with Crippen molar-refractivity contribution in [2.75, 3.05) is 0 Å². The second-order valence-electron chi connectivity index (χ2n) is 5.90. The zero-order valence-electron chi connectivity index (χ0n) is 13.4. The average molecular weight is 308 g/mol. The van der Waals surface area contributed by atoms with Crippen LogP contribution in [0.15, 0.2) is 47.5 Å². The van der Waals surface area contributed by atoms with Gasteiger partial charge in [0.25, 0.3) is 0 Å². The van der Waals surface area contributed by atoms with Gasteiger partial charge >= 0.3 is 5.97 Å². The summed E-state index contributed by atoms with van der Waals surface area (Å²) in [6.07, 6.45) is 3.02. The standard InChI is InChI=1S/C18H17N3O2/c22-17(23)13-5-6-16-14(7-13)10-19-18(21-16)20-15-8-11-3-1-2-4-12(11)9-15/h1-7,10,15,18-20H,8-9H2,(H,22,23)/i/hD. The molecule has 1 aliphatic carbocycles. The molecular weight excluding hydrogens is 290 g/mol. The Morgan fingerprint density at radius 1 is 1.26 bits per heavy atom. The molecular formula is C18H17N3O2. The van der Waals surface area contributed by atoms with E-state index in [1.54, 1.807) is 24.4 Å². The Morgan fingerprint density at radius 3 is 2.70 bits per heavy atom. The van der Waals surface area contributed by atoms with Gasteiger partial charge in [-0.15, -0.1) is 0 Å². The highest BCUT2D eigenvalue weighted by atomic mass is 16.4. The fourth-order valence-corrected chi connectivity index (χ4v) is 3.19. The molecule has 3 N–H and O–H groups in total. The third-order valence-corrected chi connectivity index (χ3v) is 4.33. The zero-order chi connectivity index (χ0) is 16.7. The van der Waals surface area contributed by atoms with Crippen molar-refractivity contribution in [3.63, 3.8) is 0 Å². The Labute approximate surface area is 134 Å². The summed E-state index contributed by atoms with van der Waals surface area (Å²) in [5.74, 6) is -0.980. The largest absolute Gasteiger partial charge is 0.478 e. The van der Waals surface area contributed by atoms with Gasteiger partial charge in [-0.25, -0.2) is 9.79 Å². The maximum absolute atomic E-state index is 11.1. The summed E-state index contributed by atoms with van der Waals surface area (Å²) in [4.78, 5) is 15.6. The summed E-state index contributed by atoms with van der Waals surface area (Å²) < 4.78 is 8.14. The molecule has 0 bridgehead atoms. The van der Waals surface area contributed by atoms with E-state index >= 15 is 0 Å². The number of carbonyl (C=O) groups is 1. The maximum Gasteiger partial charge on any atom is 0.335 e. The molecule has 1 unspecified atom stereocenters. The molecule has 5 nitrogen and oxygen atoms in total. The molecule has 5 heteroatoms. The molecule has 0 radical (unpaired) electrons. The highest BCUT2D eigenvalue weighted by Gasteiger charge is 2.23. The number of nitrogens with zero attached hydrogens (tertiary/aromatic N) is 1. The SMILES string of the molecule is [2H]N1C=c2cc(C(=O)O)ccc2=NC1NC1Cc2ccccc2C1. The molecule has 2 aliphatic rings. The number of carboxylic acids is 1. The topological polar surface area (TPSA) is 73.7 Å². The third-order valence-electron chi connectivity index (χ3n) is 4.33. The number of nitrogens with one attached hydrogen (secondary N) is 2. The molecule has 0 spiro atoms. The Balaban J connectivity index is 1.57. The number of aromatic carboxylic acids is 1. The van der Waals surface area contributed by atoms with E-state index in [4.69, 9.17) is 6.52 Å². The van der Waals surface area contributed by atoms with Gasteiger partial charge in [-0.2, -0.15) is 0 Å². The molecule has 0 fully saturated rings. The van der Waals surface area contributed by atoms with E-state index in [1.807, 2.05) is 12.1 Å². The smallest absolute Gasteiger partial charge is 0.335 e. The van der Waals surface area contributed by atoms with Gasteiger partial charge in [-0.1, -0.05) is 24.3 Å². The molecule has 116 valence electrons. The highest BCUT2D eigenvalue weighted by Crippen LogP contribution is 2.21. The number of fused-ring (bicyclic) bond motifs is 2. The van der Waals surface area contributed by atoms with E-state index in [1.165, 1.54) is 16.4 Å². The van der Waals surface area contributed by atoms with E-state index < -0.39 is 12.3 Å². The Morgan fingerprint density at radius 2 is 2.00 bits per heavy atom. The van der Waals surface area contributed by atoms with Gasteiger partial charge in [-0.05, 0) is 42.2 Å². The molecule has 0 amide bonds. The lowest BCUT2D eigenvalue weighted by Gasteiger charge is -2.21. The van der Waals surface area contributed by atoms with Crippen LogP contribution >= 0.6 is 0 Å². The Bertz CT molecular complexity index is 903. The van der Waals surface area contributed by atoms with Crippen LogP contribution < -0.4 is 21.2 Å². The first-order chi connectivity index (χ1) is 11.6. The second-order valence-corrected chi connectivity index (χ2v) is 5.90. The number of carboxylic acid groups (broad SMARTS) is 1. The summed E-state index contributed by atoms with van der Waals surface area (Å²) in [6, 6.07) is 13.4. The molecule has 1 atom stereocenters. The maximum atomic E-state index is 11.1. The van der Waals surface area contributed by atoms with Gasteiger partial charge in [0.2, 0.25) is 0 Å². The third kappa shape index (κ3) is 2.71. The van der Waals surface area contributed by atoms with Gasteiger partial charge in [0.15, 0.2) is 7.70 Å². The van der Waals surface area contributed by atoms with E-state index in [2.05, 4.69) is 22.4 Å². The van der Waals surface area contributed by atoms with Gasteiger partial charge < -0.3 is 10.4 Å². The van der Waals surface area contributed by atoms with Gasteiger partial charge in [0.05, 0.1) is 10.9 Å². The van der Waals surface area contributed by atoms with Crippen molar-refractivity contribution < 1.29 is 11.3 Å². The highest BCUT2D eigenvalue weighted by molar-refractivity contribution is 5.87. The van der Waals surface area contributed by atoms with Crippen molar-refractivity contribution in [3.8, 4) is 0 Å². The van der Waals surface area contributed by atoms with E-state index in [0.717, 1.165) is 12.8 Å². The lowest BCUT2D eigenvalue weighted by Crippen LogP contribution is -2.50. The van der Waals surface area contributed by atoms with Crippen molar-refractivity contribution in [1.29, 1.82) is 0 Å². The second kappa shape index (κ2) is 5.52. The van der Waals surface area contributed by atoms with Gasteiger partial charge in [0.1, 0.15) is 0 Å². The predicted octanol–water partition coefficient (Wildman–Crippen LogP) is 0.386. The first-order valence-electron chi connectivity index (χ1n) is 8.08. The van der Waals surface area contributed by atoms with E-state index in [9.17, 15) is 4.79 Å². The van der Waals surface area contributed by atoms with Gasteiger partial charge in [-0.3, -0.25) is 5.32 Å².